The van der Waals surface area contributed by atoms with Gasteiger partial charge in [0.05, 0.1) is 6.04 Å². The summed E-state index contributed by atoms with van der Waals surface area (Å²) in [5.74, 6) is 1.02. The van der Waals surface area contributed by atoms with Gasteiger partial charge >= 0.3 is 0 Å². The van der Waals surface area contributed by atoms with E-state index in [1.165, 1.54) is 0 Å². The van der Waals surface area contributed by atoms with Gasteiger partial charge in [-0.05, 0) is 18.1 Å². The molecular formula is C17H22ClN5O2. The zero-order valence-corrected chi connectivity index (χ0v) is 15.0. The summed E-state index contributed by atoms with van der Waals surface area (Å²) in [7, 11) is 1.74. The SMILES string of the molecule is Cc1nc(CCN(C)C(=O)[C@@H](N)Cc2c[nH]c3ccccc23)no1.Cl. The fourth-order valence-corrected chi connectivity index (χ4v) is 2.73. The molecule has 0 aliphatic rings. The van der Waals surface area contributed by atoms with Crippen molar-refractivity contribution in [3.8, 4) is 0 Å². The van der Waals surface area contributed by atoms with Gasteiger partial charge in [-0.1, -0.05) is 23.4 Å². The summed E-state index contributed by atoms with van der Waals surface area (Å²) in [6, 6.07) is 7.40. The average molecular weight is 364 g/mol. The molecule has 25 heavy (non-hydrogen) atoms. The Morgan fingerprint density at radius 3 is 2.88 bits per heavy atom. The van der Waals surface area contributed by atoms with Crippen molar-refractivity contribution < 1.29 is 9.32 Å². The van der Waals surface area contributed by atoms with Crippen molar-refractivity contribution in [2.45, 2.75) is 25.8 Å². The second-order valence-electron chi connectivity index (χ2n) is 5.91. The van der Waals surface area contributed by atoms with Gasteiger partial charge in [-0.15, -0.1) is 12.4 Å². The smallest absolute Gasteiger partial charge is 0.239 e. The standard InChI is InChI=1S/C17H21N5O2.ClH/c1-11-20-16(21-24-11)7-8-22(2)17(23)14(18)9-12-10-19-15-6-4-3-5-13(12)15;/h3-6,10,14,19H,7-9,18H2,1-2H3;1H/t14-;/m0./s1. The first-order valence-corrected chi connectivity index (χ1v) is 7.89. The second kappa shape index (κ2) is 8.13. The Morgan fingerprint density at radius 2 is 2.16 bits per heavy atom. The third-order valence-corrected chi connectivity index (χ3v) is 4.05. The fourth-order valence-electron chi connectivity index (χ4n) is 2.73. The number of aryl methyl sites for hydroxylation is 1. The molecule has 0 radical (unpaired) electrons. The lowest BCUT2D eigenvalue weighted by Crippen LogP contribution is -2.43. The average Bonchev–Trinajstić information content (AvgIpc) is 3.18. The Morgan fingerprint density at radius 1 is 1.40 bits per heavy atom. The van der Waals surface area contributed by atoms with Gasteiger partial charge in [-0.2, -0.15) is 4.98 Å². The summed E-state index contributed by atoms with van der Waals surface area (Å²) in [6.45, 7) is 2.24. The topological polar surface area (TPSA) is 101 Å². The van der Waals surface area contributed by atoms with Gasteiger partial charge in [0.1, 0.15) is 0 Å². The number of nitrogens with one attached hydrogen (secondary N) is 1. The monoisotopic (exact) mass is 363 g/mol. The number of hydrogen-bond donors (Lipinski definition) is 2. The Hall–Kier alpha value is -2.38. The number of rotatable bonds is 6. The van der Waals surface area contributed by atoms with Crippen LogP contribution in [0.25, 0.3) is 10.9 Å². The van der Waals surface area contributed by atoms with Crippen LogP contribution in [0, 0.1) is 6.92 Å². The molecule has 0 fully saturated rings. The minimum absolute atomic E-state index is 0. The molecule has 2 heterocycles. The molecule has 0 spiro atoms. The number of benzene rings is 1. The van der Waals surface area contributed by atoms with E-state index in [2.05, 4.69) is 15.1 Å². The maximum Gasteiger partial charge on any atom is 0.239 e. The molecule has 3 rings (SSSR count). The van der Waals surface area contributed by atoms with Gasteiger partial charge in [0, 0.05) is 44.0 Å². The maximum absolute atomic E-state index is 12.5. The molecule has 0 bridgehead atoms. The largest absolute Gasteiger partial charge is 0.361 e. The number of halogens is 1. The molecule has 0 aliphatic carbocycles. The van der Waals surface area contributed by atoms with Crippen LogP contribution in [0.1, 0.15) is 17.3 Å². The van der Waals surface area contributed by atoms with Crippen molar-refractivity contribution in [3.63, 3.8) is 0 Å². The van der Waals surface area contributed by atoms with Crippen LogP contribution in [0.4, 0.5) is 0 Å². The number of nitrogens with zero attached hydrogens (tertiary/aromatic N) is 3. The van der Waals surface area contributed by atoms with Gasteiger partial charge in [0.25, 0.3) is 0 Å². The van der Waals surface area contributed by atoms with Crippen LogP contribution in [0.3, 0.4) is 0 Å². The minimum Gasteiger partial charge on any atom is -0.361 e. The number of carbonyl (C=O) groups excluding carboxylic acids is 1. The van der Waals surface area contributed by atoms with Crippen LogP contribution in [0.2, 0.25) is 0 Å². The lowest BCUT2D eigenvalue weighted by Gasteiger charge is -2.20. The molecule has 7 nitrogen and oxygen atoms in total. The third kappa shape index (κ3) is 4.37. The van der Waals surface area contributed by atoms with Crippen LogP contribution in [0.5, 0.6) is 0 Å². The zero-order chi connectivity index (χ0) is 17.1. The highest BCUT2D eigenvalue weighted by Crippen LogP contribution is 2.19. The Bertz CT molecular complexity index is 844. The van der Waals surface area contributed by atoms with Gasteiger partial charge in [-0.3, -0.25) is 4.79 Å². The number of hydrogen-bond acceptors (Lipinski definition) is 5. The summed E-state index contributed by atoms with van der Waals surface area (Å²) < 4.78 is 4.92. The highest BCUT2D eigenvalue weighted by atomic mass is 35.5. The molecule has 0 saturated heterocycles. The number of carbonyl (C=O) groups is 1. The summed E-state index contributed by atoms with van der Waals surface area (Å²) in [4.78, 5) is 21.4. The van der Waals surface area contributed by atoms with Crippen LogP contribution in [0.15, 0.2) is 35.0 Å². The normalized spacial score (nSPS) is 12.0. The van der Waals surface area contributed by atoms with Gasteiger partial charge < -0.3 is 20.1 Å². The van der Waals surface area contributed by atoms with E-state index in [-0.39, 0.29) is 18.3 Å². The highest BCUT2D eigenvalue weighted by Gasteiger charge is 2.20. The molecular weight excluding hydrogens is 342 g/mol. The van der Waals surface area contributed by atoms with E-state index in [9.17, 15) is 4.79 Å². The number of H-pyrrole nitrogens is 1. The van der Waals surface area contributed by atoms with Crippen LogP contribution >= 0.6 is 12.4 Å². The van der Waals surface area contributed by atoms with Crippen molar-refractivity contribution in [1.82, 2.24) is 20.0 Å². The van der Waals surface area contributed by atoms with Gasteiger partial charge in [-0.25, -0.2) is 0 Å². The van der Waals surface area contributed by atoms with E-state index in [0.29, 0.717) is 31.1 Å². The van der Waals surface area contributed by atoms with E-state index in [0.717, 1.165) is 16.5 Å². The first-order valence-electron chi connectivity index (χ1n) is 7.89. The number of fused-ring (bicyclic) bond motifs is 1. The molecule has 1 amide bonds. The Labute approximate surface area is 152 Å². The highest BCUT2D eigenvalue weighted by molar-refractivity contribution is 5.86. The first kappa shape index (κ1) is 19.0. The number of aromatic amines is 1. The quantitative estimate of drug-likeness (QED) is 0.696. The van der Waals surface area contributed by atoms with Crippen LogP contribution in [-0.4, -0.2) is 45.6 Å². The molecule has 8 heteroatoms. The summed E-state index contributed by atoms with van der Waals surface area (Å²) in [5.41, 5.74) is 8.22. The maximum atomic E-state index is 12.5. The molecule has 0 saturated carbocycles. The molecule has 2 aromatic heterocycles. The number of likely N-dealkylation sites (N-methyl/N-ethyl adjacent to an activating group) is 1. The van der Waals surface area contributed by atoms with Crippen molar-refractivity contribution in [2.75, 3.05) is 13.6 Å². The van der Waals surface area contributed by atoms with E-state index in [1.54, 1.807) is 18.9 Å². The van der Waals surface area contributed by atoms with Crippen LogP contribution in [-0.2, 0) is 17.6 Å². The summed E-state index contributed by atoms with van der Waals surface area (Å²) >= 11 is 0. The fraction of sp³-hybridized carbons (Fsp3) is 0.353. The molecule has 3 N–H and O–H groups in total. The first-order chi connectivity index (χ1) is 11.5. The Kier molecular flexibility index (Phi) is 6.17. The molecule has 3 aromatic rings. The second-order valence-corrected chi connectivity index (χ2v) is 5.91. The number of nitrogens with two attached hydrogens (primary N) is 1. The lowest BCUT2D eigenvalue weighted by atomic mass is 10.0. The lowest BCUT2D eigenvalue weighted by molar-refractivity contribution is -0.131. The van der Waals surface area contributed by atoms with Crippen molar-refractivity contribution in [1.29, 1.82) is 0 Å². The predicted octanol–water partition coefficient (Wildman–Crippen LogP) is 1.85. The van der Waals surface area contributed by atoms with Crippen molar-refractivity contribution >= 4 is 29.2 Å². The number of para-hydroxylation sites is 1. The van der Waals surface area contributed by atoms with E-state index >= 15 is 0 Å². The van der Waals surface area contributed by atoms with E-state index < -0.39 is 6.04 Å². The molecule has 1 aromatic carbocycles. The van der Waals surface area contributed by atoms with Gasteiger partial charge in [0.2, 0.25) is 11.8 Å². The van der Waals surface area contributed by atoms with E-state index in [1.807, 2.05) is 30.5 Å². The third-order valence-electron chi connectivity index (χ3n) is 4.05. The van der Waals surface area contributed by atoms with Gasteiger partial charge in [0.15, 0.2) is 5.82 Å². The molecule has 0 aliphatic heterocycles. The number of amides is 1. The number of aromatic nitrogens is 3. The predicted molar refractivity (Wildman–Crippen MR) is 97.6 cm³/mol. The zero-order valence-electron chi connectivity index (χ0n) is 14.2. The van der Waals surface area contributed by atoms with Crippen molar-refractivity contribution in [3.05, 3.63) is 47.7 Å². The van der Waals surface area contributed by atoms with E-state index in [4.69, 9.17) is 10.3 Å². The molecule has 1 atom stereocenters. The molecule has 0 unspecified atom stereocenters. The minimum atomic E-state index is -0.582. The summed E-state index contributed by atoms with van der Waals surface area (Å²) in [5, 5.41) is 4.93. The van der Waals surface area contributed by atoms with Crippen molar-refractivity contribution in [2.24, 2.45) is 5.73 Å². The molecule has 134 valence electrons. The van der Waals surface area contributed by atoms with Crippen LogP contribution < -0.4 is 5.73 Å². The Balaban J connectivity index is 0.00000225. The summed E-state index contributed by atoms with van der Waals surface area (Å²) in [6.07, 6.45) is 2.95.